The van der Waals surface area contributed by atoms with Crippen LogP contribution in [0, 0.1) is 0 Å². The van der Waals surface area contributed by atoms with Crippen molar-refractivity contribution >= 4 is 5.78 Å². The molecule has 18 heavy (non-hydrogen) atoms. The van der Waals surface area contributed by atoms with Crippen molar-refractivity contribution in [2.24, 2.45) is 0 Å². The van der Waals surface area contributed by atoms with Crippen LogP contribution in [0.2, 0.25) is 0 Å². The molecule has 1 spiro atoms. The molecule has 0 aromatic carbocycles. The molecule has 0 unspecified atom stereocenters. The van der Waals surface area contributed by atoms with Crippen LogP contribution in [-0.4, -0.2) is 35.0 Å². The predicted molar refractivity (Wildman–Crippen MR) is 69.1 cm³/mol. The van der Waals surface area contributed by atoms with Gasteiger partial charge in [-0.1, -0.05) is 19.2 Å². The molecule has 5 heteroatoms. The second-order valence-electron chi connectivity index (χ2n) is 5.17. The number of hydrogen-bond acceptors (Lipinski definition) is 5. The van der Waals surface area contributed by atoms with Crippen molar-refractivity contribution in [3.05, 3.63) is 37.0 Å². The number of nitrogens with one attached hydrogen (secondary N) is 3. The molecule has 0 bridgehead atoms. The minimum Gasteiger partial charge on any atom is -0.367 e. The van der Waals surface area contributed by atoms with Crippen molar-refractivity contribution in [1.82, 2.24) is 20.9 Å². The van der Waals surface area contributed by atoms with E-state index in [-0.39, 0.29) is 23.5 Å². The molecule has 3 rings (SSSR count). The molecule has 0 saturated carbocycles. The van der Waals surface area contributed by atoms with E-state index in [0.717, 1.165) is 18.2 Å². The average molecular weight is 246 g/mol. The van der Waals surface area contributed by atoms with Crippen molar-refractivity contribution < 1.29 is 4.79 Å². The van der Waals surface area contributed by atoms with E-state index >= 15 is 0 Å². The smallest absolute Gasteiger partial charge is 0.155 e. The number of hydrogen-bond donors (Lipinski definition) is 3. The Kier molecular flexibility index (Phi) is 2.20. The van der Waals surface area contributed by atoms with Crippen LogP contribution in [0.15, 0.2) is 37.0 Å². The predicted octanol–water partition coefficient (Wildman–Crippen LogP) is 0.00920. The van der Waals surface area contributed by atoms with Gasteiger partial charge >= 0.3 is 0 Å². The Balaban J connectivity index is 1.98. The summed E-state index contributed by atoms with van der Waals surface area (Å²) in [6.07, 6.45) is 4.74. The summed E-state index contributed by atoms with van der Waals surface area (Å²) in [5.41, 5.74) is -0.320. The fraction of sp³-hybridized carbons (Fsp3) is 0.462. The lowest BCUT2D eigenvalue weighted by Crippen LogP contribution is -2.70. The van der Waals surface area contributed by atoms with Gasteiger partial charge in [0.25, 0.3) is 0 Å². The van der Waals surface area contributed by atoms with Crippen LogP contribution < -0.4 is 16.0 Å². The largest absolute Gasteiger partial charge is 0.367 e. The fourth-order valence-electron chi connectivity index (χ4n) is 3.21. The topological polar surface area (TPSA) is 56.4 Å². The van der Waals surface area contributed by atoms with Crippen LogP contribution >= 0.6 is 0 Å². The van der Waals surface area contributed by atoms with Gasteiger partial charge in [-0.05, 0) is 13.0 Å². The summed E-state index contributed by atoms with van der Waals surface area (Å²) < 4.78 is 0. The van der Waals surface area contributed by atoms with E-state index in [1.807, 2.05) is 0 Å². The van der Waals surface area contributed by atoms with Crippen molar-refractivity contribution in [2.45, 2.75) is 31.1 Å². The summed E-state index contributed by atoms with van der Waals surface area (Å²) >= 11 is 0. The first-order chi connectivity index (χ1) is 8.53. The van der Waals surface area contributed by atoms with E-state index in [2.05, 4.69) is 46.2 Å². The molecule has 3 aliphatic heterocycles. The monoisotopic (exact) mass is 246 g/mol. The van der Waals surface area contributed by atoms with Crippen LogP contribution in [0.5, 0.6) is 0 Å². The second kappa shape index (κ2) is 3.54. The molecule has 3 atom stereocenters. The van der Waals surface area contributed by atoms with Gasteiger partial charge in [0.05, 0.1) is 23.7 Å². The molecule has 3 aliphatic rings. The zero-order valence-electron chi connectivity index (χ0n) is 10.5. The van der Waals surface area contributed by atoms with Gasteiger partial charge in [0, 0.05) is 13.0 Å². The Bertz CT molecular complexity index is 470. The molecule has 2 saturated heterocycles. The lowest BCUT2D eigenvalue weighted by Gasteiger charge is -2.49. The summed E-state index contributed by atoms with van der Waals surface area (Å²) in [5, 5.41) is 10.1. The summed E-state index contributed by atoms with van der Waals surface area (Å²) in [4.78, 5) is 13.6. The molecule has 0 aliphatic carbocycles. The van der Waals surface area contributed by atoms with Gasteiger partial charge in [0.1, 0.15) is 5.78 Å². The maximum atomic E-state index is 11.4. The van der Waals surface area contributed by atoms with E-state index in [0.29, 0.717) is 6.42 Å². The van der Waals surface area contributed by atoms with E-state index in [1.54, 1.807) is 6.92 Å². The van der Waals surface area contributed by atoms with Crippen molar-refractivity contribution in [1.29, 1.82) is 0 Å². The Morgan fingerprint density at radius 3 is 3.06 bits per heavy atom. The van der Waals surface area contributed by atoms with Gasteiger partial charge in [-0.2, -0.15) is 0 Å². The van der Waals surface area contributed by atoms with E-state index in [4.69, 9.17) is 0 Å². The van der Waals surface area contributed by atoms with Gasteiger partial charge in [-0.25, -0.2) is 0 Å². The summed E-state index contributed by atoms with van der Waals surface area (Å²) in [5.74, 6) is 1.82. The van der Waals surface area contributed by atoms with E-state index < -0.39 is 0 Å². The Hall–Kier alpha value is -1.91. The first kappa shape index (κ1) is 11.2. The maximum absolute atomic E-state index is 11.4. The zero-order chi connectivity index (χ0) is 12.9. The van der Waals surface area contributed by atoms with Crippen molar-refractivity contribution in [3.63, 3.8) is 0 Å². The zero-order valence-corrected chi connectivity index (χ0v) is 10.5. The maximum Gasteiger partial charge on any atom is 0.155 e. The number of ketones is 1. The number of carbonyl (C=O) groups is 1. The number of nitrogens with zero attached hydrogens (tertiary/aromatic N) is 1. The summed E-state index contributed by atoms with van der Waals surface area (Å²) in [7, 11) is 0. The molecule has 0 radical (unpaired) electrons. The van der Waals surface area contributed by atoms with Crippen molar-refractivity contribution in [2.75, 3.05) is 6.54 Å². The second-order valence-corrected chi connectivity index (χ2v) is 5.17. The van der Waals surface area contributed by atoms with Crippen LogP contribution in [0.25, 0.3) is 0 Å². The van der Waals surface area contributed by atoms with Crippen LogP contribution in [0.1, 0.15) is 13.3 Å². The quantitative estimate of drug-likeness (QED) is 0.599. The van der Waals surface area contributed by atoms with Gasteiger partial charge in [-0.15, -0.1) is 0 Å². The normalized spacial score (nSPS) is 36.6. The molecule has 2 fully saturated rings. The highest BCUT2D eigenvalue weighted by molar-refractivity contribution is 5.76. The highest BCUT2D eigenvalue weighted by Gasteiger charge is 2.55. The van der Waals surface area contributed by atoms with Crippen LogP contribution in [-0.2, 0) is 4.79 Å². The Morgan fingerprint density at radius 2 is 2.33 bits per heavy atom. The van der Waals surface area contributed by atoms with Gasteiger partial charge in [0.2, 0.25) is 0 Å². The van der Waals surface area contributed by atoms with Crippen molar-refractivity contribution in [3.8, 4) is 0 Å². The van der Waals surface area contributed by atoms with Crippen LogP contribution in [0.4, 0.5) is 0 Å². The third-order valence-corrected chi connectivity index (χ3v) is 3.85. The molecular weight excluding hydrogens is 228 g/mol. The molecule has 0 amide bonds. The molecular formula is C13H18N4O. The summed E-state index contributed by atoms with van der Waals surface area (Å²) in [6.45, 7) is 10.4. The summed E-state index contributed by atoms with van der Waals surface area (Å²) in [6, 6.07) is 0.110. The average Bonchev–Trinajstić information content (AvgIpc) is 2.81. The number of Topliss-reactive ketones (excluding diaryl/α,β-unsaturated/α-hetero) is 1. The minimum absolute atomic E-state index is 0.0285. The molecule has 96 valence electrons. The molecule has 3 heterocycles. The number of carbonyl (C=O) groups excluding carboxylic acids is 1. The third kappa shape index (κ3) is 1.36. The highest BCUT2D eigenvalue weighted by atomic mass is 16.1. The van der Waals surface area contributed by atoms with Gasteiger partial charge in [-0.3, -0.25) is 4.79 Å². The first-order valence-corrected chi connectivity index (χ1v) is 6.17. The standard InChI is InChI=1S/C13H18N4O/c1-8(18)7-11-12-13(16-9(2)14-12)5-4-6-17(13)10(3)15-11/h4-5,11-12,14-16H,2-3,6-7H2,1H3/t11-,12-,13+/m0/s1. The molecule has 3 N–H and O–H groups in total. The minimum atomic E-state index is -0.320. The van der Waals surface area contributed by atoms with Gasteiger partial charge in [0.15, 0.2) is 5.66 Å². The Labute approximate surface area is 107 Å². The molecule has 0 aromatic rings. The SMILES string of the molecule is C=C1N[C@H]2[C@H](CC(C)=O)NC(=C)N3CC=C[C@]23N1. The third-order valence-electron chi connectivity index (χ3n) is 3.85. The molecule has 5 nitrogen and oxygen atoms in total. The van der Waals surface area contributed by atoms with Crippen LogP contribution in [0.3, 0.4) is 0 Å². The number of rotatable bonds is 2. The fourth-order valence-corrected chi connectivity index (χ4v) is 3.21. The Morgan fingerprint density at radius 1 is 1.56 bits per heavy atom. The lowest BCUT2D eigenvalue weighted by molar-refractivity contribution is -0.118. The lowest BCUT2D eigenvalue weighted by atomic mass is 9.89. The first-order valence-electron chi connectivity index (χ1n) is 6.17. The van der Waals surface area contributed by atoms with E-state index in [9.17, 15) is 4.79 Å². The van der Waals surface area contributed by atoms with Gasteiger partial charge < -0.3 is 20.9 Å². The van der Waals surface area contributed by atoms with E-state index in [1.165, 1.54) is 0 Å². The molecule has 0 aromatic heterocycles. The highest BCUT2D eigenvalue weighted by Crippen LogP contribution is 2.37.